The van der Waals surface area contributed by atoms with Crippen molar-refractivity contribution >= 4 is 0 Å². The van der Waals surface area contributed by atoms with Crippen LogP contribution in [0.25, 0.3) is 0 Å². The van der Waals surface area contributed by atoms with Gasteiger partial charge in [0.15, 0.2) is 0 Å². The van der Waals surface area contributed by atoms with Crippen molar-refractivity contribution in [1.29, 1.82) is 0 Å². The third-order valence-corrected chi connectivity index (χ3v) is 4.56. The van der Waals surface area contributed by atoms with Crippen LogP contribution in [0.4, 0.5) is 0 Å². The summed E-state index contributed by atoms with van der Waals surface area (Å²) in [6, 6.07) is 2.48. The molecule has 0 aliphatic carbocycles. The van der Waals surface area contributed by atoms with Crippen LogP contribution < -0.4 is 0 Å². The third-order valence-electron chi connectivity index (χ3n) is 4.56. The SMILES string of the molecule is C=CCn1cc(CN2CCC[C@H]2c2cc(C(C)C)on2)c(C)n1. The third kappa shape index (κ3) is 3.39. The zero-order valence-electron chi connectivity index (χ0n) is 14.3. The zero-order valence-corrected chi connectivity index (χ0v) is 14.3. The molecule has 3 heterocycles. The van der Waals surface area contributed by atoms with Gasteiger partial charge in [0.05, 0.1) is 18.3 Å². The fourth-order valence-corrected chi connectivity index (χ4v) is 3.24. The minimum absolute atomic E-state index is 0.355. The summed E-state index contributed by atoms with van der Waals surface area (Å²) in [7, 11) is 0. The summed E-state index contributed by atoms with van der Waals surface area (Å²) >= 11 is 0. The van der Waals surface area contributed by atoms with Gasteiger partial charge in [0.2, 0.25) is 0 Å². The summed E-state index contributed by atoms with van der Waals surface area (Å²) in [5.41, 5.74) is 3.45. The molecule has 5 heteroatoms. The Morgan fingerprint density at radius 3 is 3.00 bits per heavy atom. The molecule has 0 N–H and O–H groups in total. The van der Waals surface area contributed by atoms with E-state index in [1.165, 1.54) is 12.0 Å². The Bertz CT molecular complexity index is 670. The Labute approximate surface area is 138 Å². The van der Waals surface area contributed by atoms with Gasteiger partial charge in [-0.25, -0.2) is 0 Å². The van der Waals surface area contributed by atoms with Crippen molar-refractivity contribution in [2.45, 2.75) is 58.7 Å². The molecule has 3 rings (SSSR count). The summed E-state index contributed by atoms with van der Waals surface area (Å²) in [6.07, 6.45) is 6.35. The van der Waals surface area contributed by atoms with Crippen molar-refractivity contribution in [3.8, 4) is 0 Å². The normalized spacial score (nSPS) is 18.9. The van der Waals surface area contributed by atoms with Gasteiger partial charge < -0.3 is 4.52 Å². The van der Waals surface area contributed by atoms with Crippen molar-refractivity contribution in [1.82, 2.24) is 19.8 Å². The largest absolute Gasteiger partial charge is 0.361 e. The number of allylic oxidation sites excluding steroid dienone is 1. The monoisotopic (exact) mass is 314 g/mol. The van der Waals surface area contributed by atoms with Crippen LogP contribution >= 0.6 is 0 Å². The molecule has 0 amide bonds. The smallest absolute Gasteiger partial charge is 0.139 e. The molecule has 23 heavy (non-hydrogen) atoms. The molecule has 124 valence electrons. The summed E-state index contributed by atoms with van der Waals surface area (Å²) in [6.45, 7) is 12.9. The molecule has 1 fully saturated rings. The van der Waals surface area contributed by atoms with E-state index in [9.17, 15) is 0 Å². The van der Waals surface area contributed by atoms with Gasteiger partial charge in [0, 0.05) is 30.3 Å². The summed E-state index contributed by atoms with van der Waals surface area (Å²) < 4.78 is 7.45. The average molecular weight is 314 g/mol. The van der Waals surface area contributed by atoms with Crippen molar-refractivity contribution in [2.75, 3.05) is 6.54 Å². The van der Waals surface area contributed by atoms with Gasteiger partial charge in [-0.15, -0.1) is 6.58 Å². The predicted octanol–water partition coefficient (Wildman–Crippen LogP) is 3.83. The Morgan fingerprint density at radius 1 is 1.48 bits per heavy atom. The number of hydrogen-bond acceptors (Lipinski definition) is 4. The molecule has 2 aromatic heterocycles. The lowest BCUT2D eigenvalue weighted by Crippen LogP contribution is -2.23. The van der Waals surface area contributed by atoms with E-state index < -0.39 is 0 Å². The van der Waals surface area contributed by atoms with Gasteiger partial charge >= 0.3 is 0 Å². The van der Waals surface area contributed by atoms with E-state index in [0.29, 0.717) is 12.0 Å². The highest BCUT2D eigenvalue weighted by molar-refractivity contribution is 5.18. The highest BCUT2D eigenvalue weighted by atomic mass is 16.5. The molecule has 2 aromatic rings. The van der Waals surface area contributed by atoms with Crippen LogP contribution in [-0.2, 0) is 13.1 Å². The molecular weight excluding hydrogens is 288 g/mol. The number of hydrogen-bond donors (Lipinski definition) is 0. The van der Waals surface area contributed by atoms with Crippen LogP contribution in [0.15, 0.2) is 29.4 Å². The zero-order chi connectivity index (χ0) is 16.4. The molecule has 0 spiro atoms. The molecule has 0 saturated carbocycles. The number of nitrogens with zero attached hydrogens (tertiary/aromatic N) is 4. The van der Waals surface area contributed by atoms with Crippen LogP contribution in [0.2, 0.25) is 0 Å². The fourth-order valence-electron chi connectivity index (χ4n) is 3.24. The summed E-state index contributed by atoms with van der Waals surface area (Å²) in [5.74, 6) is 1.35. The molecule has 0 aromatic carbocycles. The molecule has 1 aliphatic heterocycles. The van der Waals surface area contributed by atoms with E-state index in [1.807, 2.05) is 10.8 Å². The molecule has 1 atom stereocenters. The summed E-state index contributed by atoms with van der Waals surface area (Å²) in [5, 5.41) is 8.87. The minimum atomic E-state index is 0.355. The number of rotatable bonds is 6. The van der Waals surface area contributed by atoms with Gasteiger partial charge in [-0.2, -0.15) is 5.10 Å². The second-order valence-corrected chi connectivity index (χ2v) is 6.69. The lowest BCUT2D eigenvalue weighted by molar-refractivity contribution is 0.235. The highest BCUT2D eigenvalue weighted by Gasteiger charge is 2.29. The van der Waals surface area contributed by atoms with Crippen molar-refractivity contribution in [2.24, 2.45) is 0 Å². The van der Waals surface area contributed by atoms with Crippen LogP contribution in [0, 0.1) is 6.92 Å². The van der Waals surface area contributed by atoms with E-state index in [2.05, 4.69) is 54.8 Å². The first-order chi connectivity index (χ1) is 11.1. The van der Waals surface area contributed by atoms with E-state index in [1.54, 1.807) is 0 Å². The van der Waals surface area contributed by atoms with E-state index >= 15 is 0 Å². The molecule has 0 bridgehead atoms. The standard InChI is InChI=1S/C18H26N4O/c1-5-8-22-12-15(14(4)19-22)11-21-9-6-7-17(21)16-10-18(13(2)3)23-20-16/h5,10,12-13,17H,1,6-9,11H2,2-4H3/t17-/m0/s1. The van der Waals surface area contributed by atoms with Gasteiger partial charge in [0.25, 0.3) is 0 Å². The van der Waals surface area contributed by atoms with E-state index in [4.69, 9.17) is 4.52 Å². The average Bonchev–Trinajstić information content (AvgIpc) is 3.20. The van der Waals surface area contributed by atoms with Crippen LogP contribution in [0.5, 0.6) is 0 Å². The molecule has 5 nitrogen and oxygen atoms in total. The number of likely N-dealkylation sites (tertiary alicyclic amines) is 1. The Morgan fingerprint density at radius 2 is 2.30 bits per heavy atom. The molecular formula is C18H26N4O. The molecule has 0 unspecified atom stereocenters. The van der Waals surface area contributed by atoms with Crippen molar-refractivity contribution in [3.63, 3.8) is 0 Å². The van der Waals surface area contributed by atoms with Crippen LogP contribution in [0.3, 0.4) is 0 Å². The lowest BCUT2D eigenvalue weighted by atomic mass is 10.1. The lowest BCUT2D eigenvalue weighted by Gasteiger charge is -2.22. The van der Waals surface area contributed by atoms with Crippen molar-refractivity contribution in [3.05, 3.63) is 47.6 Å². The maximum atomic E-state index is 5.49. The molecule has 1 aliphatic rings. The first kappa shape index (κ1) is 16.0. The topological polar surface area (TPSA) is 47.1 Å². The van der Waals surface area contributed by atoms with Gasteiger partial charge in [-0.05, 0) is 26.3 Å². The Kier molecular flexibility index (Phi) is 4.66. The van der Waals surface area contributed by atoms with E-state index in [-0.39, 0.29) is 0 Å². The number of aromatic nitrogens is 3. The quantitative estimate of drug-likeness (QED) is 0.760. The van der Waals surface area contributed by atoms with Gasteiger partial charge in [-0.1, -0.05) is 25.1 Å². The fraction of sp³-hybridized carbons (Fsp3) is 0.556. The van der Waals surface area contributed by atoms with Crippen LogP contribution in [-0.4, -0.2) is 26.4 Å². The van der Waals surface area contributed by atoms with E-state index in [0.717, 1.165) is 43.2 Å². The first-order valence-corrected chi connectivity index (χ1v) is 8.43. The van der Waals surface area contributed by atoms with Gasteiger partial charge in [-0.3, -0.25) is 9.58 Å². The first-order valence-electron chi connectivity index (χ1n) is 8.43. The Balaban J connectivity index is 1.75. The second-order valence-electron chi connectivity index (χ2n) is 6.69. The minimum Gasteiger partial charge on any atom is -0.361 e. The maximum Gasteiger partial charge on any atom is 0.139 e. The highest BCUT2D eigenvalue weighted by Crippen LogP contribution is 2.34. The second kappa shape index (κ2) is 6.71. The molecule has 0 radical (unpaired) electrons. The van der Waals surface area contributed by atoms with Crippen LogP contribution in [0.1, 0.15) is 61.4 Å². The number of aryl methyl sites for hydroxylation is 1. The maximum absolute atomic E-state index is 5.49. The Hall–Kier alpha value is -1.88. The predicted molar refractivity (Wildman–Crippen MR) is 90.1 cm³/mol. The van der Waals surface area contributed by atoms with Gasteiger partial charge in [0.1, 0.15) is 11.5 Å². The summed E-state index contributed by atoms with van der Waals surface area (Å²) in [4.78, 5) is 2.49. The van der Waals surface area contributed by atoms with Crippen molar-refractivity contribution < 1.29 is 4.52 Å². The molecule has 1 saturated heterocycles.